The van der Waals surface area contributed by atoms with Gasteiger partial charge in [-0.25, -0.2) is 9.78 Å². The van der Waals surface area contributed by atoms with Gasteiger partial charge < -0.3 is 15.5 Å². The summed E-state index contributed by atoms with van der Waals surface area (Å²) in [5.41, 5.74) is -0.0349. The molecule has 2 N–H and O–H groups in total. The number of benzene rings is 1. The second kappa shape index (κ2) is 8.54. The van der Waals surface area contributed by atoms with Crippen molar-refractivity contribution >= 4 is 29.1 Å². The quantitative estimate of drug-likeness (QED) is 0.582. The van der Waals surface area contributed by atoms with E-state index in [0.29, 0.717) is 43.3 Å². The number of urea groups is 1. The van der Waals surface area contributed by atoms with Gasteiger partial charge in [0.15, 0.2) is 5.69 Å². The fraction of sp³-hybridized carbons (Fsp3) is 0.364. The highest BCUT2D eigenvalue weighted by Gasteiger charge is 2.38. The summed E-state index contributed by atoms with van der Waals surface area (Å²) in [6.45, 7) is 1.61. The lowest BCUT2D eigenvalue weighted by Crippen LogP contribution is -2.50. The van der Waals surface area contributed by atoms with E-state index in [2.05, 4.69) is 15.6 Å². The highest BCUT2D eigenvalue weighted by molar-refractivity contribution is 6.31. The standard InChI is InChI=1S/C22H23ClF3N5O/c1-27-20(32)30-9-7-21(8-10-30,15-5-3-2-4-6-15)14-28-18-11-16(23)12-19-29-17(13-31(18)19)22(24,25)26/h2-6,11-13,28H,7-10,14H2,1H3,(H,27,32). The van der Waals surface area contributed by atoms with Crippen LogP contribution in [0.3, 0.4) is 0 Å². The molecule has 0 spiro atoms. The van der Waals surface area contributed by atoms with Crippen LogP contribution in [-0.4, -0.2) is 47.0 Å². The fourth-order valence-corrected chi connectivity index (χ4v) is 4.44. The molecule has 1 fully saturated rings. The Balaban J connectivity index is 1.64. The summed E-state index contributed by atoms with van der Waals surface area (Å²) >= 11 is 6.16. The summed E-state index contributed by atoms with van der Waals surface area (Å²) in [6, 6.07) is 12.8. The van der Waals surface area contributed by atoms with Crippen LogP contribution in [0, 0.1) is 0 Å². The second-order valence-corrected chi connectivity index (χ2v) is 8.39. The van der Waals surface area contributed by atoms with E-state index in [-0.39, 0.29) is 17.1 Å². The number of piperidine rings is 1. The number of alkyl halides is 3. The van der Waals surface area contributed by atoms with Gasteiger partial charge in [0.1, 0.15) is 11.5 Å². The van der Waals surface area contributed by atoms with Crippen molar-refractivity contribution in [1.82, 2.24) is 19.6 Å². The third kappa shape index (κ3) is 4.34. The van der Waals surface area contributed by atoms with Crippen LogP contribution in [0.15, 0.2) is 48.7 Å². The van der Waals surface area contributed by atoms with Crippen molar-refractivity contribution in [3.05, 3.63) is 64.9 Å². The molecule has 1 aromatic carbocycles. The van der Waals surface area contributed by atoms with Gasteiger partial charge >= 0.3 is 12.2 Å². The zero-order chi connectivity index (χ0) is 22.9. The van der Waals surface area contributed by atoms with Gasteiger partial charge in [0.05, 0.1) is 0 Å². The summed E-state index contributed by atoms with van der Waals surface area (Å²) in [5, 5.41) is 6.26. The topological polar surface area (TPSA) is 61.7 Å². The van der Waals surface area contributed by atoms with E-state index in [9.17, 15) is 18.0 Å². The van der Waals surface area contributed by atoms with E-state index in [1.54, 1.807) is 18.0 Å². The van der Waals surface area contributed by atoms with Crippen LogP contribution in [0.4, 0.5) is 23.8 Å². The number of pyridine rings is 1. The van der Waals surface area contributed by atoms with E-state index < -0.39 is 11.9 Å². The molecule has 0 bridgehead atoms. The predicted molar refractivity (Wildman–Crippen MR) is 117 cm³/mol. The molecule has 4 rings (SSSR count). The normalized spacial score (nSPS) is 16.2. The van der Waals surface area contributed by atoms with Gasteiger partial charge in [0.2, 0.25) is 0 Å². The number of nitrogens with one attached hydrogen (secondary N) is 2. The Hall–Kier alpha value is -2.94. The SMILES string of the molecule is CNC(=O)N1CCC(CNc2cc(Cl)cc3nc(C(F)(F)F)cn23)(c2ccccc2)CC1. The molecule has 3 aromatic rings. The third-order valence-electron chi connectivity index (χ3n) is 6.04. The summed E-state index contributed by atoms with van der Waals surface area (Å²) in [4.78, 5) is 17.5. The number of nitrogens with zero attached hydrogens (tertiary/aromatic N) is 3. The number of imidazole rings is 1. The largest absolute Gasteiger partial charge is 0.434 e. The molecule has 0 atom stereocenters. The molecule has 6 nitrogen and oxygen atoms in total. The van der Waals surface area contributed by atoms with Gasteiger partial charge in [-0.15, -0.1) is 0 Å². The smallest absolute Gasteiger partial charge is 0.370 e. The third-order valence-corrected chi connectivity index (χ3v) is 6.26. The molecule has 3 heterocycles. The number of likely N-dealkylation sites (tertiary alicyclic amines) is 1. The monoisotopic (exact) mass is 465 g/mol. The van der Waals surface area contributed by atoms with Crippen molar-refractivity contribution in [2.24, 2.45) is 0 Å². The van der Waals surface area contributed by atoms with Crippen LogP contribution >= 0.6 is 11.6 Å². The maximum Gasteiger partial charge on any atom is 0.434 e. The van der Waals surface area contributed by atoms with Crippen molar-refractivity contribution in [2.45, 2.75) is 24.4 Å². The minimum atomic E-state index is -4.55. The molecule has 170 valence electrons. The Morgan fingerprint density at radius 3 is 2.50 bits per heavy atom. The zero-order valence-corrected chi connectivity index (χ0v) is 18.2. The van der Waals surface area contributed by atoms with Crippen LogP contribution in [-0.2, 0) is 11.6 Å². The van der Waals surface area contributed by atoms with Crippen molar-refractivity contribution in [2.75, 3.05) is 32.0 Å². The Morgan fingerprint density at radius 1 is 1.19 bits per heavy atom. The highest BCUT2D eigenvalue weighted by atomic mass is 35.5. The van der Waals surface area contributed by atoms with Crippen LogP contribution in [0.2, 0.25) is 5.02 Å². The number of amides is 2. The van der Waals surface area contributed by atoms with Gasteiger partial charge in [-0.2, -0.15) is 13.2 Å². The summed E-state index contributed by atoms with van der Waals surface area (Å²) in [6.07, 6.45) is -2.16. The van der Waals surface area contributed by atoms with E-state index >= 15 is 0 Å². The van der Waals surface area contributed by atoms with Crippen molar-refractivity contribution in [3.8, 4) is 0 Å². The first-order valence-electron chi connectivity index (χ1n) is 10.2. The lowest BCUT2D eigenvalue weighted by Gasteiger charge is -2.42. The lowest BCUT2D eigenvalue weighted by molar-refractivity contribution is -0.140. The number of hydrogen-bond acceptors (Lipinski definition) is 3. The van der Waals surface area contributed by atoms with Gasteiger partial charge in [-0.1, -0.05) is 41.9 Å². The molecular formula is C22H23ClF3N5O. The lowest BCUT2D eigenvalue weighted by atomic mass is 9.72. The molecule has 32 heavy (non-hydrogen) atoms. The molecule has 1 aliphatic heterocycles. The van der Waals surface area contributed by atoms with E-state index in [1.165, 1.54) is 10.5 Å². The fourth-order valence-electron chi connectivity index (χ4n) is 4.24. The average molecular weight is 466 g/mol. The van der Waals surface area contributed by atoms with Gasteiger partial charge in [-0.05, 0) is 24.5 Å². The second-order valence-electron chi connectivity index (χ2n) is 7.95. The summed E-state index contributed by atoms with van der Waals surface area (Å²) in [7, 11) is 1.60. The number of halogens is 4. The van der Waals surface area contributed by atoms with E-state index in [4.69, 9.17) is 11.6 Å². The number of hydrogen-bond donors (Lipinski definition) is 2. The van der Waals surface area contributed by atoms with Crippen LogP contribution in [0.5, 0.6) is 0 Å². The maximum absolute atomic E-state index is 13.2. The van der Waals surface area contributed by atoms with Gasteiger partial charge in [0.25, 0.3) is 0 Å². The molecule has 0 radical (unpaired) electrons. The van der Waals surface area contributed by atoms with Gasteiger partial charge in [-0.3, -0.25) is 4.40 Å². The number of fused-ring (bicyclic) bond motifs is 1. The Labute approximate surface area is 188 Å². The molecule has 0 aliphatic carbocycles. The number of anilines is 1. The summed E-state index contributed by atoms with van der Waals surface area (Å²) < 4.78 is 40.9. The Kier molecular flexibility index (Phi) is 5.94. The molecule has 2 amide bonds. The van der Waals surface area contributed by atoms with Crippen LogP contribution < -0.4 is 10.6 Å². The van der Waals surface area contributed by atoms with Crippen molar-refractivity contribution in [1.29, 1.82) is 0 Å². The Bertz CT molecular complexity index is 1110. The maximum atomic E-state index is 13.2. The summed E-state index contributed by atoms with van der Waals surface area (Å²) in [5.74, 6) is 0.430. The minimum absolute atomic E-state index is 0.116. The predicted octanol–water partition coefficient (Wildman–Crippen LogP) is 4.79. The zero-order valence-electron chi connectivity index (χ0n) is 17.4. The van der Waals surface area contributed by atoms with Crippen LogP contribution in [0.25, 0.3) is 5.65 Å². The first kappa shape index (κ1) is 22.3. The molecular weight excluding hydrogens is 443 g/mol. The van der Waals surface area contributed by atoms with E-state index in [0.717, 1.165) is 11.8 Å². The molecule has 0 saturated carbocycles. The highest BCUT2D eigenvalue weighted by Crippen LogP contribution is 2.37. The number of rotatable bonds is 4. The van der Waals surface area contributed by atoms with Gasteiger partial charge in [0, 0.05) is 49.4 Å². The van der Waals surface area contributed by atoms with E-state index in [1.807, 2.05) is 30.3 Å². The van der Waals surface area contributed by atoms with Crippen molar-refractivity contribution < 1.29 is 18.0 Å². The first-order chi connectivity index (χ1) is 15.2. The molecule has 1 saturated heterocycles. The number of carbonyl (C=O) groups is 1. The average Bonchev–Trinajstić information content (AvgIpc) is 3.22. The van der Waals surface area contributed by atoms with Crippen molar-refractivity contribution in [3.63, 3.8) is 0 Å². The molecule has 2 aromatic heterocycles. The number of aromatic nitrogens is 2. The molecule has 0 unspecified atom stereocenters. The molecule has 1 aliphatic rings. The van der Waals surface area contributed by atoms with Crippen LogP contribution in [0.1, 0.15) is 24.1 Å². The minimum Gasteiger partial charge on any atom is -0.370 e. The first-order valence-corrected chi connectivity index (χ1v) is 10.6. The Morgan fingerprint density at radius 2 is 1.88 bits per heavy atom. The number of carbonyl (C=O) groups excluding carboxylic acids is 1. The molecule has 10 heteroatoms.